The van der Waals surface area contributed by atoms with Gasteiger partial charge in [0.25, 0.3) is 5.56 Å². The van der Waals surface area contributed by atoms with Crippen LogP contribution in [0.15, 0.2) is 47.7 Å². The van der Waals surface area contributed by atoms with Gasteiger partial charge in [-0.25, -0.2) is 14.2 Å². The fraction of sp³-hybridized carbons (Fsp3) is 0.440. The van der Waals surface area contributed by atoms with Crippen LogP contribution >= 0.6 is 0 Å². The second-order valence-electron chi connectivity index (χ2n) is 9.25. The molecule has 0 saturated carbocycles. The minimum atomic E-state index is -0.0585. The predicted octanol–water partition coefficient (Wildman–Crippen LogP) is 2.78. The Morgan fingerprint density at radius 2 is 1.85 bits per heavy atom. The summed E-state index contributed by atoms with van der Waals surface area (Å²) in [6.45, 7) is 8.78. The van der Waals surface area contributed by atoms with E-state index in [-0.39, 0.29) is 23.7 Å². The topological polar surface area (TPSA) is 80.8 Å². The molecule has 0 bridgehead atoms. The lowest BCUT2D eigenvalue weighted by Crippen LogP contribution is -2.57. The van der Waals surface area contributed by atoms with Gasteiger partial charge in [0.05, 0.1) is 35.2 Å². The minimum Gasteiger partial charge on any atom is -0.378 e. The van der Waals surface area contributed by atoms with Crippen LogP contribution in [0.5, 0.6) is 0 Å². The van der Waals surface area contributed by atoms with Gasteiger partial charge in [-0.2, -0.15) is 0 Å². The number of nitrogens with zero attached hydrogens (tertiary/aromatic N) is 7. The molecule has 1 unspecified atom stereocenters. The van der Waals surface area contributed by atoms with Gasteiger partial charge in [-0.3, -0.25) is 19.7 Å². The Balaban J connectivity index is 1.45. The van der Waals surface area contributed by atoms with Gasteiger partial charge in [0.1, 0.15) is 0 Å². The van der Waals surface area contributed by atoms with Crippen molar-refractivity contribution in [3.63, 3.8) is 0 Å². The number of methoxy groups -OCH3 is 1. The van der Waals surface area contributed by atoms with Crippen LogP contribution in [0.3, 0.4) is 0 Å². The molecule has 0 amide bonds. The molecule has 1 aliphatic heterocycles. The maximum absolute atomic E-state index is 12.8. The molecule has 0 spiro atoms. The van der Waals surface area contributed by atoms with E-state index in [2.05, 4.69) is 52.7 Å². The maximum Gasteiger partial charge on any atom is 0.267 e. The summed E-state index contributed by atoms with van der Waals surface area (Å²) in [7, 11) is 3.41. The van der Waals surface area contributed by atoms with Crippen LogP contribution < -0.4 is 10.5 Å². The fourth-order valence-electron chi connectivity index (χ4n) is 5.09. The Morgan fingerprint density at radius 1 is 1.09 bits per heavy atom. The quantitative estimate of drug-likeness (QED) is 0.452. The number of anilines is 1. The van der Waals surface area contributed by atoms with Crippen molar-refractivity contribution in [2.24, 2.45) is 7.05 Å². The van der Waals surface area contributed by atoms with Crippen molar-refractivity contribution in [3.05, 3.63) is 64.5 Å². The van der Waals surface area contributed by atoms with E-state index >= 15 is 0 Å². The third-order valence-electron chi connectivity index (χ3n) is 6.98. The lowest BCUT2D eigenvalue weighted by molar-refractivity contribution is 0.119. The number of hydrogen-bond donors (Lipinski definition) is 0. The first-order valence-corrected chi connectivity index (χ1v) is 11.7. The lowest BCUT2D eigenvalue weighted by Gasteiger charge is -2.47. The number of aryl methyl sites for hydroxylation is 1. The number of fused-ring (bicyclic) bond motifs is 2. The van der Waals surface area contributed by atoms with E-state index in [0.29, 0.717) is 6.61 Å². The lowest BCUT2D eigenvalue weighted by atomic mass is 10.00. The highest BCUT2D eigenvalue weighted by molar-refractivity contribution is 5.74. The van der Waals surface area contributed by atoms with Gasteiger partial charge in [0.2, 0.25) is 0 Å². The molecule has 5 rings (SSSR count). The van der Waals surface area contributed by atoms with Gasteiger partial charge in [-0.1, -0.05) is 6.07 Å². The third kappa shape index (κ3) is 3.84. The molecule has 9 nitrogen and oxygen atoms in total. The van der Waals surface area contributed by atoms with Crippen molar-refractivity contribution in [2.75, 3.05) is 25.1 Å². The highest BCUT2D eigenvalue weighted by Gasteiger charge is 2.34. The number of ether oxygens (including phenoxy) is 1. The SMILES string of the molecule is COCc1cn2c(n1)c(N1C[C@@H](C)N(C(C)c3ccc4nccnc4c3)C[C@@H]1C)cc(=O)n2C. The van der Waals surface area contributed by atoms with E-state index < -0.39 is 0 Å². The molecular formula is C25H31N7O2. The van der Waals surface area contributed by atoms with E-state index in [9.17, 15) is 4.79 Å². The summed E-state index contributed by atoms with van der Waals surface area (Å²) in [6.07, 6.45) is 5.33. The van der Waals surface area contributed by atoms with Crippen molar-refractivity contribution in [1.82, 2.24) is 29.0 Å². The van der Waals surface area contributed by atoms with E-state index in [1.807, 2.05) is 16.8 Å². The maximum atomic E-state index is 12.8. The van der Waals surface area contributed by atoms with Crippen LogP contribution in [0.1, 0.15) is 38.1 Å². The summed E-state index contributed by atoms with van der Waals surface area (Å²) < 4.78 is 8.68. The molecule has 0 N–H and O–H groups in total. The molecule has 4 aromatic rings. The zero-order valence-corrected chi connectivity index (χ0v) is 20.3. The van der Waals surface area contributed by atoms with Gasteiger partial charge in [0, 0.05) is 63.8 Å². The number of aromatic nitrogens is 5. The van der Waals surface area contributed by atoms with Gasteiger partial charge < -0.3 is 9.64 Å². The van der Waals surface area contributed by atoms with Gasteiger partial charge in [-0.15, -0.1) is 0 Å². The van der Waals surface area contributed by atoms with Crippen LogP contribution in [0.25, 0.3) is 16.7 Å². The Hall–Kier alpha value is -3.30. The number of benzene rings is 1. The molecule has 178 valence electrons. The Bertz CT molecular complexity index is 1400. The van der Waals surface area contributed by atoms with Crippen LogP contribution in [-0.2, 0) is 18.4 Å². The molecule has 9 heteroatoms. The summed E-state index contributed by atoms with van der Waals surface area (Å²) in [6, 6.07) is 8.77. The van der Waals surface area contributed by atoms with Crippen molar-refractivity contribution in [2.45, 2.75) is 45.5 Å². The zero-order valence-electron chi connectivity index (χ0n) is 20.3. The van der Waals surface area contributed by atoms with Crippen LogP contribution in [0.2, 0.25) is 0 Å². The Labute approximate surface area is 198 Å². The average molecular weight is 462 g/mol. The van der Waals surface area contributed by atoms with Crippen molar-refractivity contribution >= 4 is 22.4 Å². The molecule has 3 atom stereocenters. The number of rotatable bonds is 5. The summed E-state index contributed by atoms with van der Waals surface area (Å²) in [5, 5.41) is 0. The summed E-state index contributed by atoms with van der Waals surface area (Å²) in [4.78, 5) is 31.2. The van der Waals surface area contributed by atoms with Crippen LogP contribution in [0.4, 0.5) is 5.69 Å². The van der Waals surface area contributed by atoms with Crippen molar-refractivity contribution in [1.29, 1.82) is 0 Å². The predicted molar refractivity (Wildman–Crippen MR) is 132 cm³/mol. The number of hydrogen-bond acceptors (Lipinski definition) is 7. The first-order chi connectivity index (χ1) is 16.4. The summed E-state index contributed by atoms with van der Waals surface area (Å²) in [5.41, 5.74) is 5.45. The molecular weight excluding hydrogens is 430 g/mol. The number of imidazole rings is 1. The molecule has 34 heavy (non-hydrogen) atoms. The van der Waals surface area contributed by atoms with E-state index in [1.165, 1.54) is 5.56 Å². The Kier molecular flexibility index (Phi) is 5.83. The zero-order chi connectivity index (χ0) is 24.0. The van der Waals surface area contributed by atoms with Gasteiger partial charge >= 0.3 is 0 Å². The first kappa shape index (κ1) is 22.5. The highest BCUT2D eigenvalue weighted by atomic mass is 16.5. The van der Waals surface area contributed by atoms with Crippen molar-refractivity contribution in [3.8, 4) is 0 Å². The third-order valence-corrected chi connectivity index (χ3v) is 6.98. The molecule has 3 aromatic heterocycles. The van der Waals surface area contributed by atoms with Crippen molar-refractivity contribution < 1.29 is 4.74 Å². The molecule has 4 heterocycles. The monoisotopic (exact) mass is 461 g/mol. The van der Waals surface area contributed by atoms with Crippen LogP contribution in [0, 0.1) is 0 Å². The molecule has 0 radical (unpaired) electrons. The van der Waals surface area contributed by atoms with E-state index in [1.54, 1.807) is 37.3 Å². The Morgan fingerprint density at radius 3 is 2.62 bits per heavy atom. The molecule has 0 aliphatic carbocycles. The van der Waals surface area contributed by atoms with Gasteiger partial charge in [-0.05, 0) is 38.5 Å². The largest absolute Gasteiger partial charge is 0.378 e. The smallest absolute Gasteiger partial charge is 0.267 e. The van der Waals surface area contributed by atoms with Gasteiger partial charge in [0.15, 0.2) is 5.65 Å². The molecule has 1 aliphatic rings. The number of piperazine rings is 1. The average Bonchev–Trinajstić information content (AvgIpc) is 3.26. The summed E-state index contributed by atoms with van der Waals surface area (Å²) >= 11 is 0. The molecule has 1 saturated heterocycles. The van der Waals surface area contributed by atoms with Crippen LogP contribution in [-0.4, -0.2) is 61.3 Å². The molecule has 1 fully saturated rings. The van der Waals surface area contributed by atoms with E-state index in [4.69, 9.17) is 9.72 Å². The molecule has 1 aromatic carbocycles. The van der Waals surface area contributed by atoms with E-state index in [0.717, 1.165) is 41.2 Å². The fourth-order valence-corrected chi connectivity index (χ4v) is 5.09. The second-order valence-corrected chi connectivity index (χ2v) is 9.25. The second kappa shape index (κ2) is 8.81. The first-order valence-electron chi connectivity index (χ1n) is 11.7. The highest BCUT2D eigenvalue weighted by Crippen LogP contribution is 2.32. The summed E-state index contributed by atoms with van der Waals surface area (Å²) in [5.74, 6) is 0. The minimum absolute atomic E-state index is 0.0585. The standard InChI is InChI=1S/C25H31N7O2/c1-16-13-31(23-11-24(33)29(4)32-14-20(15-34-5)28-25(23)32)17(2)12-30(16)18(3)19-6-7-21-22(10-19)27-9-8-26-21/h6-11,14,16-18H,12-13,15H2,1-5H3/t16-,17+,18?/m1/s1. The normalized spacial score (nSPS) is 20.3.